The fourth-order valence-electron chi connectivity index (χ4n) is 4.38. The number of carbonyl (C=O) groups excluding carboxylic acids is 1. The number of hydrogen-bond donors (Lipinski definition) is 2. The minimum atomic E-state index is -1.88. The molecule has 0 aliphatic carbocycles. The van der Waals surface area contributed by atoms with E-state index in [9.17, 15) is 9.90 Å². The smallest absolute Gasteiger partial charge is 0.347 e. The van der Waals surface area contributed by atoms with Crippen molar-refractivity contribution in [2.75, 3.05) is 19.7 Å². The second-order valence-corrected chi connectivity index (χ2v) is 8.34. The lowest BCUT2D eigenvalue weighted by molar-refractivity contribution is -0.163. The number of carbonyl (C=O) groups is 1. The summed E-state index contributed by atoms with van der Waals surface area (Å²) in [6.07, 6.45) is 8.14. The summed E-state index contributed by atoms with van der Waals surface area (Å²) in [4.78, 5) is 21.7. The first kappa shape index (κ1) is 22.1. The largest absolute Gasteiger partial charge is 0.462 e. The Balaban J connectivity index is 1.56. The molecule has 1 aliphatic heterocycles. The van der Waals surface area contributed by atoms with Gasteiger partial charge in [0.1, 0.15) is 6.33 Å². The lowest BCUT2D eigenvalue weighted by atomic mass is 9.85. The van der Waals surface area contributed by atoms with E-state index in [4.69, 9.17) is 4.74 Å². The lowest BCUT2D eigenvalue weighted by Crippen LogP contribution is -2.39. The molecule has 1 unspecified atom stereocenters. The fraction of sp³-hybridized carbons (Fsp3) is 0.346. The van der Waals surface area contributed by atoms with Crippen molar-refractivity contribution < 1.29 is 14.6 Å². The van der Waals surface area contributed by atoms with Gasteiger partial charge in [-0.05, 0) is 55.0 Å². The predicted octanol–water partition coefficient (Wildman–Crippen LogP) is 3.43. The number of piperidine rings is 1. The average Bonchev–Trinajstić information content (AvgIpc) is 2.88. The van der Waals surface area contributed by atoms with Crippen LogP contribution < -0.4 is 5.32 Å². The number of nitrogens with zero attached hydrogens (tertiary/aromatic N) is 2. The quantitative estimate of drug-likeness (QED) is 0.532. The Morgan fingerprint density at radius 1 is 1.00 bits per heavy atom. The van der Waals surface area contributed by atoms with Crippen LogP contribution in [-0.2, 0) is 15.1 Å². The van der Waals surface area contributed by atoms with E-state index in [1.807, 2.05) is 12.1 Å². The molecule has 1 saturated heterocycles. The molecule has 6 nitrogen and oxygen atoms in total. The van der Waals surface area contributed by atoms with E-state index in [1.54, 1.807) is 60.9 Å². The zero-order valence-electron chi connectivity index (χ0n) is 18.1. The van der Waals surface area contributed by atoms with Crippen LogP contribution in [0.2, 0.25) is 0 Å². The van der Waals surface area contributed by atoms with Gasteiger partial charge >= 0.3 is 5.97 Å². The van der Waals surface area contributed by atoms with E-state index >= 15 is 0 Å². The standard InChI is InChI=1S/C26H29N3O3/c30-25(26(31,23-7-3-1-4-8-23)24-9-5-2-6-10-24)32-18-21(22-16-28-19-29-17-22)15-20-11-13-27-14-12-20/h1-10,16-17,19-21,27,31H,11-15,18H2. The molecule has 2 aromatic carbocycles. The summed E-state index contributed by atoms with van der Waals surface area (Å²) in [6.45, 7) is 2.17. The highest BCUT2D eigenvalue weighted by atomic mass is 16.5. The van der Waals surface area contributed by atoms with Crippen LogP contribution in [-0.4, -0.2) is 40.7 Å². The maximum Gasteiger partial charge on any atom is 0.347 e. The minimum Gasteiger partial charge on any atom is -0.462 e. The third-order valence-corrected chi connectivity index (χ3v) is 6.22. The molecule has 1 fully saturated rings. The summed E-state index contributed by atoms with van der Waals surface area (Å²) in [5, 5.41) is 15.0. The molecule has 0 spiro atoms. The topological polar surface area (TPSA) is 84.3 Å². The molecule has 0 bridgehead atoms. The van der Waals surface area contributed by atoms with Gasteiger partial charge in [-0.2, -0.15) is 0 Å². The van der Waals surface area contributed by atoms with Gasteiger partial charge in [0.25, 0.3) is 0 Å². The Morgan fingerprint density at radius 3 is 2.12 bits per heavy atom. The summed E-state index contributed by atoms with van der Waals surface area (Å²) < 4.78 is 5.81. The normalized spacial score (nSPS) is 15.8. The van der Waals surface area contributed by atoms with Crippen LogP contribution in [0.15, 0.2) is 79.4 Å². The van der Waals surface area contributed by atoms with Gasteiger partial charge in [0.2, 0.25) is 5.60 Å². The average molecular weight is 432 g/mol. The number of hydrogen-bond acceptors (Lipinski definition) is 6. The first-order valence-corrected chi connectivity index (χ1v) is 11.1. The van der Waals surface area contributed by atoms with Crippen molar-refractivity contribution in [2.45, 2.75) is 30.8 Å². The highest BCUT2D eigenvalue weighted by molar-refractivity contribution is 5.85. The van der Waals surface area contributed by atoms with Crippen LogP contribution >= 0.6 is 0 Å². The molecule has 4 rings (SSSR count). The number of rotatable bonds is 8. The zero-order chi connectivity index (χ0) is 22.2. The minimum absolute atomic E-state index is 0.0287. The van der Waals surface area contributed by atoms with E-state index in [2.05, 4.69) is 15.3 Å². The van der Waals surface area contributed by atoms with Crippen molar-refractivity contribution in [3.05, 3.63) is 96.1 Å². The SMILES string of the molecule is O=C(OCC(CC1CCNCC1)c1cncnc1)C(O)(c1ccccc1)c1ccccc1. The van der Waals surface area contributed by atoms with Gasteiger partial charge in [-0.1, -0.05) is 60.7 Å². The van der Waals surface area contributed by atoms with Crippen molar-refractivity contribution in [2.24, 2.45) is 5.92 Å². The Labute approximate surface area is 188 Å². The van der Waals surface area contributed by atoms with Crippen molar-refractivity contribution in [3.8, 4) is 0 Å². The Hall–Kier alpha value is -3.09. The number of benzene rings is 2. The molecule has 0 radical (unpaired) electrons. The Kier molecular flexibility index (Phi) is 7.24. The van der Waals surface area contributed by atoms with E-state index < -0.39 is 11.6 Å². The van der Waals surface area contributed by atoms with Gasteiger partial charge in [-0.25, -0.2) is 14.8 Å². The van der Waals surface area contributed by atoms with Crippen LogP contribution in [0.25, 0.3) is 0 Å². The first-order chi connectivity index (χ1) is 15.7. The summed E-state index contributed by atoms with van der Waals surface area (Å²) >= 11 is 0. The first-order valence-electron chi connectivity index (χ1n) is 11.1. The maximum absolute atomic E-state index is 13.4. The van der Waals surface area contributed by atoms with Crippen molar-refractivity contribution in [3.63, 3.8) is 0 Å². The van der Waals surface area contributed by atoms with Crippen molar-refractivity contribution in [1.82, 2.24) is 15.3 Å². The highest BCUT2D eigenvalue weighted by Gasteiger charge is 2.42. The molecule has 2 heterocycles. The number of aliphatic hydroxyl groups is 1. The molecule has 1 aliphatic rings. The molecule has 166 valence electrons. The second-order valence-electron chi connectivity index (χ2n) is 8.34. The Bertz CT molecular complexity index is 937. The highest BCUT2D eigenvalue weighted by Crippen LogP contribution is 2.33. The molecule has 1 aromatic heterocycles. The van der Waals surface area contributed by atoms with Gasteiger partial charge in [0.15, 0.2) is 0 Å². The van der Waals surface area contributed by atoms with Gasteiger partial charge in [0, 0.05) is 18.3 Å². The van der Waals surface area contributed by atoms with Crippen LogP contribution in [0.1, 0.15) is 41.9 Å². The Morgan fingerprint density at radius 2 is 1.56 bits per heavy atom. The molecule has 1 atom stereocenters. The predicted molar refractivity (Wildman–Crippen MR) is 122 cm³/mol. The number of aromatic nitrogens is 2. The molecule has 2 N–H and O–H groups in total. The number of nitrogens with one attached hydrogen (secondary N) is 1. The molecule has 6 heteroatoms. The third kappa shape index (κ3) is 5.03. The van der Waals surface area contributed by atoms with Crippen molar-refractivity contribution >= 4 is 5.97 Å². The zero-order valence-corrected chi connectivity index (χ0v) is 18.1. The van der Waals surface area contributed by atoms with Gasteiger partial charge < -0.3 is 15.2 Å². The van der Waals surface area contributed by atoms with Crippen LogP contribution in [0.5, 0.6) is 0 Å². The maximum atomic E-state index is 13.4. The van der Waals surface area contributed by atoms with E-state index in [0.717, 1.165) is 37.9 Å². The second kappa shape index (κ2) is 10.5. The van der Waals surface area contributed by atoms with Crippen LogP contribution in [0.4, 0.5) is 0 Å². The number of ether oxygens (including phenoxy) is 1. The molecular formula is C26H29N3O3. The molecule has 0 amide bonds. The van der Waals surface area contributed by atoms with Gasteiger partial charge in [-0.3, -0.25) is 0 Å². The van der Waals surface area contributed by atoms with E-state index in [-0.39, 0.29) is 12.5 Å². The van der Waals surface area contributed by atoms with E-state index in [0.29, 0.717) is 17.0 Å². The summed E-state index contributed by atoms with van der Waals surface area (Å²) in [5.41, 5.74) is 0.0275. The van der Waals surface area contributed by atoms with E-state index in [1.165, 1.54) is 6.33 Å². The molecule has 0 saturated carbocycles. The van der Waals surface area contributed by atoms with Gasteiger partial charge in [0.05, 0.1) is 6.61 Å². The van der Waals surface area contributed by atoms with Crippen LogP contribution in [0, 0.1) is 5.92 Å². The fourth-order valence-corrected chi connectivity index (χ4v) is 4.38. The molecule has 32 heavy (non-hydrogen) atoms. The van der Waals surface area contributed by atoms with Crippen molar-refractivity contribution in [1.29, 1.82) is 0 Å². The molecule has 3 aromatic rings. The lowest BCUT2D eigenvalue weighted by Gasteiger charge is -2.30. The summed E-state index contributed by atoms with van der Waals surface area (Å²) in [7, 11) is 0. The number of esters is 1. The summed E-state index contributed by atoms with van der Waals surface area (Å²) in [6, 6.07) is 17.9. The van der Waals surface area contributed by atoms with Crippen LogP contribution in [0.3, 0.4) is 0 Å². The summed E-state index contributed by atoms with van der Waals surface area (Å²) in [5.74, 6) is -0.164. The monoisotopic (exact) mass is 431 g/mol. The third-order valence-electron chi connectivity index (χ3n) is 6.22. The van der Waals surface area contributed by atoms with Gasteiger partial charge in [-0.15, -0.1) is 0 Å². The molecular weight excluding hydrogens is 402 g/mol.